The molecule has 2 heterocycles. The number of ether oxygens (including phenoxy) is 1. The lowest BCUT2D eigenvalue weighted by atomic mass is 10.1. The quantitative estimate of drug-likeness (QED) is 0.319. The predicted molar refractivity (Wildman–Crippen MR) is 120 cm³/mol. The van der Waals surface area contributed by atoms with Crippen molar-refractivity contribution in [1.82, 2.24) is 30.7 Å². The summed E-state index contributed by atoms with van der Waals surface area (Å²) in [4.78, 5) is 21.0. The average molecular weight is 428 g/mol. The standard InChI is InChI=1S/C22H33N7O2/c1-4-5-12-24-21(30)17-8-6-16(7-9-17)13-25-22(23-2)26-18-10-11-20-27-19(15-31-3)28-29(20)14-18/h6-9,18H,4-5,10-15H2,1-3H3,(H,24,30)(H2,23,25,26). The van der Waals surface area contributed by atoms with Crippen molar-refractivity contribution in [3.05, 3.63) is 47.0 Å². The number of nitrogens with one attached hydrogen (secondary N) is 3. The van der Waals surface area contributed by atoms with Crippen LogP contribution in [0.2, 0.25) is 0 Å². The van der Waals surface area contributed by atoms with Crippen LogP contribution in [0.3, 0.4) is 0 Å². The normalized spacial score (nSPS) is 16.0. The fourth-order valence-corrected chi connectivity index (χ4v) is 3.50. The molecule has 1 atom stereocenters. The lowest BCUT2D eigenvalue weighted by Gasteiger charge is -2.25. The third-order valence-corrected chi connectivity index (χ3v) is 5.23. The van der Waals surface area contributed by atoms with Gasteiger partial charge in [0.2, 0.25) is 0 Å². The minimum absolute atomic E-state index is 0.0242. The van der Waals surface area contributed by atoms with Crippen LogP contribution in [0.15, 0.2) is 29.3 Å². The maximum atomic E-state index is 12.1. The molecule has 0 spiro atoms. The van der Waals surface area contributed by atoms with Gasteiger partial charge in [-0.15, -0.1) is 0 Å². The highest BCUT2D eigenvalue weighted by molar-refractivity contribution is 5.94. The zero-order valence-electron chi connectivity index (χ0n) is 18.6. The summed E-state index contributed by atoms with van der Waals surface area (Å²) in [5.41, 5.74) is 1.76. The Hall–Kier alpha value is -2.94. The maximum Gasteiger partial charge on any atom is 0.251 e. The van der Waals surface area contributed by atoms with Crippen LogP contribution < -0.4 is 16.0 Å². The molecule has 0 aliphatic carbocycles. The molecule has 168 valence electrons. The number of nitrogens with zero attached hydrogens (tertiary/aromatic N) is 4. The van der Waals surface area contributed by atoms with E-state index in [1.165, 1.54) is 0 Å². The Morgan fingerprint density at radius 3 is 2.81 bits per heavy atom. The first-order valence-electron chi connectivity index (χ1n) is 10.9. The van der Waals surface area contributed by atoms with E-state index in [0.717, 1.165) is 55.4 Å². The molecule has 2 aromatic rings. The summed E-state index contributed by atoms with van der Waals surface area (Å²) >= 11 is 0. The Morgan fingerprint density at radius 2 is 2.10 bits per heavy atom. The van der Waals surface area contributed by atoms with Crippen molar-refractivity contribution in [1.29, 1.82) is 0 Å². The van der Waals surface area contributed by atoms with Crippen LogP contribution in [0, 0.1) is 0 Å². The highest BCUT2D eigenvalue weighted by atomic mass is 16.5. The van der Waals surface area contributed by atoms with Crippen molar-refractivity contribution in [3.8, 4) is 0 Å². The SMILES string of the molecule is CCCCNC(=O)c1ccc(CNC(=NC)NC2CCc3nc(COC)nn3C2)cc1. The third-order valence-electron chi connectivity index (χ3n) is 5.23. The second-order valence-corrected chi connectivity index (χ2v) is 7.67. The second kappa shape index (κ2) is 11.5. The summed E-state index contributed by atoms with van der Waals surface area (Å²) in [6.07, 6.45) is 3.89. The molecule has 0 saturated carbocycles. The van der Waals surface area contributed by atoms with E-state index in [9.17, 15) is 4.79 Å². The topological polar surface area (TPSA) is 105 Å². The smallest absolute Gasteiger partial charge is 0.251 e. The molecule has 3 N–H and O–H groups in total. The number of aromatic nitrogens is 3. The number of fused-ring (bicyclic) bond motifs is 1. The second-order valence-electron chi connectivity index (χ2n) is 7.67. The van der Waals surface area contributed by atoms with Crippen LogP contribution in [0.1, 0.15) is 53.8 Å². The van der Waals surface area contributed by atoms with Crippen molar-refractivity contribution in [2.24, 2.45) is 4.99 Å². The number of carbonyl (C=O) groups excluding carboxylic acids is 1. The highest BCUT2D eigenvalue weighted by Crippen LogP contribution is 2.13. The molecular weight excluding hydrogens is 394 g/mol. The van der Waals surface area contributed by atoms with Crippen molar-refractivity contribution in [2.45, 2.75) is 58.3 Å². The number of benzene rings is 1. The summed E-state index contributed by atoms with van der Waals surface area (Å²) in [7, 11) is 3.41. The van der Waals surface area contributed by atoms with E-state index in [0.29, 0.717) is 25.3 Å². The van der Waals surface area contributed by atoms with Gasteiger partial charge in [0, 0.05) is 45.3 Å². The summed E-state index contributed by atoms with van der Waals surface area (Å²) in [6, 6.07) is 7.88. The molecular formula is C22H33N7O2. The number of hydrogen-bond donors (Lipinski definition) is 3. The summed E-state index contributed by atoms with van der Waals surface area (Å²) < 4.78 is 7.08. The predicted octanol–water partition coefficient (Wildman–Crippen LogP) is 1.63. The zero-order chi connectivity index (χ0) is 22.1. The molecule has 1 amide bonds. The number of rotatable bonds is 9. The summed E-state index contributed by atoms with van der Waals surface area (Å²) in [5, 5.41) is 14.3. The Bertz CT molecular complexity index is 876. The number of guanidine groups is 1. The first kappa shape index (κ1) is 22.7. The number of hydrogen-bond acceptors (Lipinski definition) is 5. The lowest BCUT2D eigenvalue weighted by Crippen LogP contribution is -2.46. The van der Waals surface area contributed by atoms with E-state index in [1.54, 1.807) is 14.2 Å². The van der Waals surface area contributed by atoms with Crippen molar-refractivity contribution in [2.75, 3.05) is 20.7 Å². The number of aryl methyl sites for hydroxylation is 1. The third kappa shape index (κ3) is 6.52. The number of methoxy groups -OCH3 is 1. The maximum absolute atomic E-state index is 12.1. The lowest BCUT2D eigenvalue weighted by molar-refractivity contribution is 0.0953. The van der Waals surface area contributed by atoms with Crippen LogP contribution in [0.4, 0.5) is 0 Å². The van der Waals surface area contributed by atoms with E-state index in [4.69, 9.17) is 4.74 Å². The van der Waals surface area contributed by atoms with E-state index in [-0.39, 0.29) is 11.9 Å². The Kier molecular flexibility index (Phi) is 8.40. The number of aliphatic imine (C=N–C) groups is 1. The Morgan fingerprint density at radius 1 is 1.29 bits per heavy atom. The molecule has 1 aliphatic heterocycles. The summed E-state index contributed by atoms with van der Waals surface area (Å²) in [6.45, 7) is 4.62. The van der Waals surface area contributed by atoms with Crippen LogP contribution in [-0.4, -0.2) is 53.4 Å². The molecule has 9 nitrogen and oxygen atoms in total. The van der Waals surface area contributed by atoms with Gasteiger partial charge in [0.1, 0.15) is 12.4 Å². The molecule has 0 saturated heterocycles. The van der Waals surface area contributed by atoms with E-state index < -0.39 is 0 Å². The van der Waals surface area contributed by atoms with Gasteiger partial charge in [0.05, 0.1) is 6.54 Å². The minimum atomic E-state index is -0.0242. The van der Waals surface area contributed by atoms with Gasteiger partial charge in [0.25, 0.3) is 5.91 Å². The molecule has 3 rings (SSSR count). The fraction of sp³-hybridized carbons (Fsp3) is 0.545. The van der Waals surface area contributed by atoms with Crippen molar-refractivity contribution < 1.29 is 9.53 Å². The first-order chi connectivity index (χ1) is 15.1. The van der Waals surface area contributed by atoms with Gasteiger partial charge in [-0.3, -0.25) is 9.79 Å². The molecule has 1 unspecified atom stereocenters. The van der Waals surface area contributed by atoms with Crippen LogP contribution in [0.5, 0.6) is 0 Å². The van der Waals surface area contributed by atoms with Crippen molar-refractivity contribution in [3.63, 3.8) is 0 Å². The minimum Gasteiger partial charge on any atom is -0.377 e. The number of unbranched alkanes of at least 4 members (excludes halogenated alkanes) is 1. The highest BCUT2D eigenvalue weighted by Gasteiger charge is 2.22. The number of amides is 1. The average Bonchev–Trinajstić information content (AvgIpc) is 3.19. The monoisotopic (exact) mass is 427 g/mol. The van der Waals surface area contributed by atoms with Gasteiger partial charge in [-0.1, -0.05) is 25.5 Å². The molecule has 0 fully saturated rings. The van der Waals surface area contributed by atoms with Gasteiger partial charge >= 0.3 is 0 Å². The van der Waals surface area contributed by atoms with Gasteiger partial charge in [0.15, 0.2) is 11.8 Å². The number of carbonyl (C=O) groups is 1. The van der Waals surface area contributed by atoms with Crippen LogP contribution >= 0.6 is 0 Å². The van der Waals surface area contributed by atoms with E-state index in [2.05, 4.69) is 37.9 Å². The van der Waals surface area contributed by atoms with Gasteiger partial charge < -0.3 is 20.7 Å². The Labute approximate surface area is 183 Å². The van der Waals surface area contributed by atoms with E-state index >= 15 is 0 Å². The first-order valence-corrected chi connectivity index (χ1v) is 10.9. The largest absolute Gasteiger partial charge is 0.377 e. The van der Waals surface area contributed by atoms with Crippen LogP contribution in [-0.2, 0) is 30.9 Å². The molecule has 9 heteroatoms. The van der Waals surface area contributed by atoms with Gasteiger partial charge in [-0.2, -0.15) is 5.10 Å². The fourth-order valence-electron chi connectivity index (χ4n) is 3.50. The molecule has 1 aliphatic rings. The van der Waals surface area contributed by atoms with Crippen LogP contribution in [0.25, 0.3) is 0 Å². The molecule has 0 radical (unpaired) electrons. The Balaban J connectivity index is 1.47. The van der Waals surface area contributed by atoms with E-state index in [1.807, 2.05) is 28.9 Å². The zero-order valence-corrected chi connectivity index (χ0v) is 18.6. The molecule has 1 aromatic heterocycles. The molecule has 31 heavy (non-hydrogen) atoms. The van der Waals surface area contributed by atoms with Gasteiger partial charge in [-0.25, -0.2) is 9.67 Å². The van der Waals surface area contributed by atoms with Gasteiger partial charge in [-0.05, 0) is 30.5 Å². The molecule has 1 aromatic carbocycles. The molecule has 0 bridgehead atoms. The summed E-state index contributed by atoms with van der Waals surface area (Å²) in [5.74, 6) is 2.45. The van der Waals surface area contributed by atoms with Crippen molar-refractivity contribution >= 4 is 11.9 Å².